The fraction of sp³-hybridized carbons (Fsp3) is 0.917. The average molecular weight is 226 g/mol. The second-order valence-electron chi connectivity index (χ2n) is 6.91. The molecule has 4 aliphatic carbocycles. The molecule has 0 aromatic carbocycles. The lowest BCUT2D eigenvalue weighted by molar-refractivity contribution is -0.256. The summed E-state index contributed by atoms with van der Waals surface area (Å²) in [6, 6.07) is 0. The van der Waals surface area contributed by atoms with Gasteiger partial charge in [-0.3, -0.25) is 4.79 Å². The standard InChI is InChI=1S/C12H18O4/c1-9-2-10(8(13)14)5-11(15,3-9)7-12(16,4-9)6-10/h15-16H,2-7H2,1H3,(H,13,14). The van der Waals surface area contributed by atoms with E-state index in [9.17, 15) is 20.1 Å². The van der Waals surface area contributed by atoms with Gasteiger partial charge >= 0.3 is 5.97 Å². The quantitative estimate of drug-likeness (QED) is 0.621. The minimum atomic E-state index is -0.962. The maximum absolute atomic E-state index is 11.5. The highest BCUT2D eigenvalue weighted by Gasteiger charge is 2.68. The minimum Gasteiger partial charge on any atom is -0.481 e. The normalized spacial score (nSPS) is 58.9. The van der Waals surface area contributed by atoms with Crippen LogP contribution in [0.3, 0.4) is 0 Å². The van der Waals surface area contributed by atoms with E-state index in [4.69, 9.17) is 0 Å². The Morgan fingerprint density at radius 3 is 1.81 bits per heavy atom. The van der Waals surface area contributed by atoms with E-state index >= 15 is 0 Å². The van der Waals surface area contributed by atoms with Crippen molar-refractivity contribution in [2.45, 2.75) is 56.7 Å². The molecule has 90 valence electrons. The molecule has 4 saturated carbocycles. The van der Waals surface area contributed by atoms with Crippen molar-refractivity contribution in [3.05, 3.63) is 0 Å². The van der Waals surface area contributed by atoms with Crippen LogP contribution in [-0.2, 0) is 4.79 Å². The van der Waals surface area contributed by atoms with Crippen molar-refractivity contribution in [3.63, 3.8) is 0 Å². The summed E-state index contributed by atoms with van der Waals surface area (Å²) in [6.45, 7) is 2.00. The molecule has 0 aromatic rings. The molecule has 4 fully saturated rings. The van der Waals surface area contributed by atoms with Crippen molar-refractivity contribution in [3.8, 4) is 0 Å². The van der Waals surface area contributed by atoms with Gasteiger partial charge in [-0.1, -0.05) is 6.92 Å². The predicted octanol–water partition coefficient (Wildman–Crippen LogP) is 0.907. The fourth-order valence-corrected chi connectivity index (χ4v) is 5.25. The van der Waals surface area contributed by atoms with Crippen LogP contribution >= 0.6 is 0 Å². The van der Waals surface area contributed by atoms with Crippen molar-refractivity contribution < 1.29 is 20.1 Å². The Labute approximate surface area is 94.3 Å². The SMILES string of the molecule is CC12CC3(O)CC(O)(C1)CC(C(=O)O)(C2)C3. The first-order valence-electron chi connectivity index (χ1n) is 5.87. The Morgan fingerprint density at radius 2 is 1.44 bits per heavy atom. The molecule has 0 heterocycles. The summed E-state index contributed by atoms with van der Waals surface area (Å²) in [5.41, 5.74) is -3.03. The van der Waals surface area contributed by atoms with Gasteiger partial charge in [0.15, 0.2) is 0 Å². The highest BCUT2D eigenvalue weighted by Crippen LogP contribution is 2.67. The molecule has 4 rings (SSSR count). The number of aliphatic carboxylic acids is 1. The molecule has 0 saturated heterocycles. The van der Waals surface area contributed by atoms with Crippen LogP contribution < -0.4 is 0 Å². The summed E-state index contributed by atoms with van der Waals surface area (Å²) in [6.07, 6.45) is 2.85. The first kappa shape index (κ1) is 10.5. The highest BCUT2D eigenvalue weighted by atomic mass is 16.4. The molecule has 4 heteroatoms. The largest absolute Gasteiger partial charge is 0.481 e. The van der Waals surface area contributed by atoms with Gasteiger partial charge in [-0.25, -0.2) is 0 Å². The van der Waals surface area contributed by atoms with Gasteiger partial charge in [-0.2, -0.15) is 0 Å². The number of rotatable bonds is 1. The molecule has 4 aliphatic rings. The number of hydrogen-bond donors (Lipinski definition) is 3. The lowest BCUT2D eigenvalue weighted by atomic mass is 9.42. The van der Waals surface area contributed by atoms with Gasteiger partial charge < -0.3 is 15.3 Å². The zero-order chi connectivity index (χ0) is 11.8. The number of carboxylic acid groups (broad SMARTS) is 1. The third-order valence-electron chi connectivity index (χ3n) is 4.72. The van der Waals surface area contributed by atoms with E-state index < -0.39 is 22.6 Å². The van der Waals surface area contributed by atoms with Crippen LogP contribution in [-0.4, -0.2) is 32.5 Å². The molecule has 2 unspecified atom stereocenters. The Kier molecular flexibility index (Phi) is 1.62. The summed E-state index contributed by atoms with van der Waals surface area (Å²) in [5, 5.41) is 30.2. The maximum atomic E-state index is 11.5. The topological polar surface area (TPSA) is 77.8 Å². The van der Waals surface area contributed by atoms with E-state index in [1.807, 2.05) is 6.92 Å². The van der Waals surface area contributed by atoms with E-state index in [1.165, 1.54) is 0 Å². The summed E-state index contributed by atoms with van der Waals surface area (Å²) < 4.78 is 0. The second-order valence-corrected chi connectivity index (χ2v) is 6.91. The number of hydrogen-bond acceptors (Lipinski definition) is 3. The maximum Gasteiger partial charge on any atom is 0.309 e. The summed E-state index contributed by atoms with van der Waals surface area (Å²) >= 11 is 0. The molecular weight excluding hydrogens is 208 g/mol. The van der Waals surface area contributed by atoms with Gasteiger partial charge in [-0.05, 0) is 37.5 Å². The molecule has 0 aliphatic heterocycles. The molecule has 2 atom stereocenters. The van der Waals surface area contributed by atoms with E-state index in [0.717, 1.165) is 0 Å². The third kappa shape index (κ3) is 1.20. The first-order valence-corrected chi connectivity index (χ1v) is 5.87. The Hall–Kier alpha value is -0.610. The van der Waals surface area contributed by atoms with Crippen molar-refractivity contribution in [2.75, 3.05) is 0 Å². The number of carboxylic acids is 1. The van der Waals surface area contributed by atoms with Crippen molar-refractivity contribution in [1.29, 1.82) is 0 Å². The minimum absolute atomic E-state index is 0.212. The molecule has 0 aromatic heterocycles. The van der Waals surface area contributed by atoms with E-state index in [-0.39, 0.29) is 5.41 Å². The molecule has 3 N–H and O–H groups in total. The number of carbonyl (C=O) groups is 1. The van der Waals surface area contributed by atoms with Crippen molar-refractivity contribution in [2.24, 2.45) is 10.8 Å². The van der Waals surface area contributed by atoms with Crippen molar-refractivity contribution in [1.82, 2.24) is 0 Å². The number of aliphatic hydroxyl groups is 2. The summed E-state index contributed by atoms with van der Waals surface area (Å²) in [4.78, 5) is 11.5. The molecule has 4 nitrogen and oxygen atoms in total. The van der Waals surface area contributed by atoms with Crippen LogP contribution in [0.4, 0.5) is 0 Å². The van der Waals surface area contributed by atoms with Gasteiger partial charge in [0.2, 0.25) is 0 Å². The van der Waals surface area contributed by atoms with E-state index in [0.29, 0.717) is 38.5 Å². The Balaban J connectivity index is 2.11. The molecule has 4 bridgehead atoms. The lowest BCUT2D eigenvalue weighted by Crippen LogP contribution is -2.67. The van der Waals surface area contributed by atoms with Crippen LogP contribution in [0, 0.1) is 10.8 Å². The molecule has 0 amide bonds. The van der Waals surface area contributed by atoms with Gasteiger partial charge in [0.1, 0.15) is 0 Å². The first-order chi connectivity index (χ1) is 7.19. The zero-order valence-corrected chi connectivity index (χ0v) is 9.49. The van der Waals surface area contributed by atoms with Crippen LogP contribution in [0.15, 0.2) is 0 Å². The monoisotopic (exact) mass is 226 g/mol. The third-order valence-corrected chi connectivity index (χ3v) is 4.72. The van der Waals surface area contributed by atoms with Gasteiger partial charge in [0.25, 0.3) is 0 Å². The average Bonchev–Trinajstić information content (AvgIpc) is 1.92. The lowest BCUT2D eigenvalue weighted by Gasteiger charge is -2.65. The molecule has 0 radical (unpaired) electrons. The smallest absolute Gasteiger partial charge is 0.309 e. The van der Waals surface area contributed by atoms with Crippen molar-refractivity contribution >= 4 is 5.97 Å². The molecule has 0 spiro atoms. The highest BCUT2D eigenvalue weighted by molar-refractivity contribution is 5.76. The zero-order valence-electron chi connectivity index (χ0n) is 9.49. The fourth-order valence-electron chi connectivity index (χ4n) is 5.25. The van der Waals surface area contributed by atoms with Gasteiger partial charge in [0.05, 0.1) is 16.6 Å². The van der Waals surface area contributed by atoms with E-state index in [1.54, 1.807) is 0 Å². The van der Waals surface area contributed by atoms with Gasteiger partial charge in [0, 0.05) is 6.42 Å². The van der Waals surface area contributed by atoms with Crippen LogP contribution in [0.1, 0.15) is 45.4 Å². The van der Waals surface area contributed by atoms with Gasteiger partial charge in [-0.15, -0.1) is 0 Å². The van der Waals surface area contributed by atoms with Crippen LogP contribution in [0.2, 0.25) is 0 Å². The second kappa shape index (κ2) is 2.46. The Bertz CT molecular complexity index is 322. The predicted molar refractivity (Wildman–Crippen MR) is 55.8 cm³/mol. The van der Waals surface area contributed by atoms with Crippen LogP contribution in [0.5, 0.6) is 0 Å². The summed E-state index contributed by atoms with van der Waals surface area (Å²) in [7, 11) is 0. The molecule has 16 heavy (non-hydrogen) atoms. The molecular formula is C12H18O4. The summed E-state index contributed by atoms with van der Waals surface area (Å²) in [5.74, 6) is -0.852. The van der Waals surface area contributed by atoms with E-state index in [2.05, 4.69) is 0 Å². The van der Waals surface area contributed by atoms with Crippen LogP contribution in [0.25, 0.3) is 0 Å². The Morgan fingerprint density at radius 1 is 0.938 bits per heavy atom.